The Balaban J connectivity index is 2.87. The Kier molecular flexibility index (Phi) is 2.44. The highest BCUT2D eigenvalue weighted by molar-refractivity contribution is 5.82. The van der Waals surface area contributed by atoms with E-state index in [9.17, 15) is 4.79 Å². The lowest BCUT2D eigenvalue weighted by molar-refractivity contribution is 0.0748. The van der Waals surface area contributed by atoms with Gasteiger partial charge in [-0.1, -0.05) is 0 Å². The Morgan fingerprint density at radius 3 is 2.92 bits per heavy atom. The number of carbonyl (C=O) groups excluding carboxylic acids is 1. The lowest BCUT2D eigenvalue weighted by Gasteiger charge is -1.99. The topological polar surface area (TPSA) is 70.1 Å². The highest BCUT2D eigenvalue weighted by atomic mass is 16.5. The summed E-state index contributed by atoms with van der Waals surface area (Å²) in [5.41, 5.74) is 6.22. The lowest BCUT2D eigenvalue weighted by Crippen LogP contribution is -2.19. The Morgan fingerprint density at radius 1 is 1.83 bits per heavy atom. The Labute approximate surface area is 70.1 Å². The fraction of sp³-hybridized carbons (Fsp3) is 0.429. The number of anilines is 1. The predicted octanol–water partition coefficient (Wildman–Crippen LogP) is 0.0603. The predicted molar refractivity (Wildman–Crippen MR) is 43.9 cm³/mol. The normalized spacial score (nSPS) is 10.2. The maximum absolute atomic E-state index is 11.2. The van der Waals surface area contributed by atoms with Gasteiger partial charge in [0.1, 0.15) is 12.4 Å². The molecule has 0 aliphatic rings. The number of nitrogen functional groups attached to an aromatic ring is 1. The van der Waals surface area contributed by atoms with Crippen LogP contribution in [0.5, 0.6) is 0 Å². The number of carbonyl (C=O) groups is 1. The second kappa shape index (κ2) is 3.36. The van der Waals surface area contributed by atoms with Crippen LogP contribution in [0.1, 0.15) is 10.5 Å². The molecule has 0 amide bonds. The van der Waals surface area contributed by atoms with Crippen LogP contribution in [0.25, 0.3) is 0 Å². The quantitative estimate of drug-likeness (QED) is 0.679. The van der Waals surface area contributed by atoms with Crippen LogP contribution in [0.4, 0.5) is 5.82 Å². The number of methoxy groups -OCH3 is 1. The van der Waals surface area contributed by atoms with Gasteiger partial charge < -0.3 is 10.5 Å². The molecule has 5 heteroatoms. The number of aromatic nitrogens is 2. The van der Waals surface area contributed by atoms with Crippen molar-refractivity contribution in [1.29, 1.82) is 0 Å². The van der Waals surface area contributed by atoms with Crippen molar-refractivity contribution in [3.05, 3.63) is 11.8 Å². The zero-order chi connectivity index (χ0) is 9.14. The van der Waals surface area contributed by atoms with E-state index in [-0.39, 0.29) is 12.5 Å². The van der Waals surface area contributed by atoms with Gasteiger partial charge in [-0.15, -0.1) is 0 Å². The van der Waals surface area contributed by atoms with E-state index in [0.29, 0.717) is 5.82 Å². The minimum atomic E-state index is -0.261. The Morgan fingerprint density at radius 2 is 2.50 bits per heavy atom. The molecule has 0 bridgehead atoms. The molecule has 5 nitrogen and oxygen atoms in total. The van der Waals surface area contributed by atoms with Crippen molar-refractivity contribution in [3.8, 4) is 0 Å². The molecule has 0 radical (unpaired) electrons. The van der Waals surface area contributed by atoms with Gasteiger partial charge in [0.15, 0.2) is 0 Å². The van der Waals surface area contributed by atoms with Crippen LogP contribution in [0.15, 0.2) is 6.07 Å². The first-order chi connectivity index (χ1) is 5.65. The van der Waals surface area contributed by atoms with Gasteiger partial charge in [0.2, 0.25) is 0 Å². The molecule has 0 saturated heterocycles. The van der Waals surface area contributed by atoms with Crippen molar-refractivity contribution in [2.45, 2.75) is 6.92 Å². The third-order valence-corrected chi connectivity index (χ3v) is 1.36. The average Bonchev–Trinajstić information content (AvgIpc) is 2.30. The smallest absolute Gasteiger partial charge is 0.274 e. The SMILES string of the molecule is COCC(=O)n1nc(C)cc1N. The van der Waals surface area contributed by atoms with Crippen LogP contribution < -0.4 is 5.73 Å². The summed E-state index contributed by atoms with van der Waals surface area (Å²) in [5.74, 6) is 0.0812. The molecule has 0 saturated carbocycles. The van der Waals surface area contributed by atoms with Crippen LogP contribution >= 0.6 is 0 Å². The molecular formula is C7H11N3O2. The number of hydrogen-bond donors (Lipinski definition) is 1. The first-order valence-electron chi connectivity index (χ1n) is 3.49. The van der Waals surface area contributed by atoms with Gasteiger partial charge >= 0.3 is 0 Å². The molecular weight excluding hydrogens is 158 g/mol. The van der Waals surface area contributed by atoms with Crippen molar-refractivity contribution >= 4 is 11.7 Å². The summed E-state index contributed by atoms with van der Waals surface area (Å²) in [5, 5.41) is 3.89. The third-order valence-electron chi connectivity index (χ3n) is 1.36. The van der Waals surface area contributed by atoms with Crippen LogP contribution in [0.3, 0.4) is 0 Å². The molecule has 1 rings (SSSR count). The van der Waals surface area contributed by atoms with Gasteiger partial charge in [-0.05, 0) is 6.92 Å². The zero-order valence-electron chi connectivity index (χ0n) is 7.07. The van der Waals surface area contributed by atoms with E-state index < -0.39 is 0 Å². The highest BCUT2D eigenvalue weighted by Gasteiger charge is 2.09. The molecule has 0 aliphatic heterocycles. The maximum atomic E-state index is 11.2. The second-order valence-electron chi connectivity index (χ2n) is 2.45. The van der Waals surface area contributed by atoms with Crippen molar-refractivity contribution < 1.29 is 9.53 Å². The van der Waals surface area contributed by atoms with Crippen molar-refractivity contribution in [2.24, 2.45) is 0 Å². The van der Waals surface area contributed by atoms with Gasteiger partial charge in [0.25, 0.3) is 5.91 Å². The van der Waals surface area contributed by atoms with Crippen molar-refractivity contribution in [3.63, 3.8) is 0 Å². The second-order valence-corrected chi connectivity index (χ2v) is 2.45. The van der Waals surface area contributed by atoms with E-state index in [4.69, 9.17) is 5.73 Å². The summed E-state index contributed by atoms with van der Waals surface area (Å²) >= 11 is 0. The summed E-state index contributed by atoms with van der Waals surface area (Å²) < 4.78 is 5.79. The minimum absolute atomic E-state index is 0.00861. The van der Waals surface area contributed by atoms with Crippen LogP contribution in [-0.4, -0.2) is 29.4 Å². The number of aryl methyl sites for hydroxylation is 1. The number of rotatable bonds is 2. The number of ether oxygens (including phenoxy) is 1. The molecule has 2 N–H and O–H groups in total. The third kappa shape index (κ3) is 1.62. The van der Waals surface area contributed by atoms with Crippen LogP contribution in [0.2, 0.25) is 0 Å². The molecule has 0 aliphatic carbocycles. The first kappa shape index (κ1) is 8.73. The Hall–Kier alpha value is -1.36. The largest absolute Gasteiger partial charge is 0.383 e. The lowest BCUT2D eigenvalue weighted by atomic mass is 10.5. The molecule has 0 atom stereocenters. The zero-order valence-corrected chi connectivity index (χ0v) is 7.07. The number of nitrogens with two attached hydrogens (primary N) is 1. The van der Waals surface area contributed by atoms with Gasteiger partial charge in [0.05, 0.1) is 5.69 Å². The molecule has 12 heavy (non-hydrogen) atoms. The summed E-state index contributed by atoms with van der Waals surface area (Å²) in [6, 6.07) is 1.63. The monoisotopic (exact) mass is 169 g/mol. The highest BCUT2D eigenvalue weighted by Crippen LogP contribution is 2.04. The molecule has 0 unspecified atom stereocenters. The van der Waals surface area contributed by atoms with Crippen LogP contribution in [-0.2, 0) is 4.74 Å². The van der Waals surface area contributed by atoms with Gasteiger partial charge in [0, 0.05) is 13.2 Å². The summed E-state index contributed by atoms with van der Waals surface area (Å²) in [6.45, 7) is 1.76. The standard InChI is InChI=1S/C7H11N3O2/c1-5-3-6(8)10(9-5)7(11)4-12-2/h3H,4,8H2,1-2H3. The van der Waals surface area contributed by atoms with E-state index in [1.54, 1.807) is 13.0 Å². The van der Waals surface area contributed by atoms with Gasteiger partial charge in [-0.3, -0.25) is 4.79 Å². The molecule has 66 valence electrons. The van der Waals surface area contributed by atoms with Crippen LogP contribution in [0, 0.1) is 6.92 Å². The summed E-state index contributed by atoms with van der Waals surface area (Å²) in [4.78, 5) is 11.2. The average molecular weight is 169 g/mol. The van der Waals surface area contributed by atoms with E-state index in [0.717, 1.165) is 10.4 Å². The van der Waals surface area contributed by atoms with E-state index in [1.807, 2.05) is 0 Å². The molecule has 0 spiro atoms. The first-order valence-corrected chi connectivity index (χ1v) is 3.49. The fourth-order valence-corrected chi connectivity index (χ4v) is 0.904. The molecule has 1 heterocycles. The summed E-state index contributed by atoms with van der Waals surface area (Å²) in [6.07, 6.45) is 0. The molecule has 1 aromatic rings. The summed E-state index contributed by atoms with van der Waals surface area (Å²) in [7, 11) is 1.45. The fourth-order valence-electron chi connectivity index (χ4n) is 0.904. The Bertz CT molecular complexity index is 293. The van der Waals surface area contributed by atoms with Crippen molar-refractivity contribution in [1.82, 2.24) is 9.78 Å². The molecule has 1 aromatic heterocycles. The molecule has 0 aromatic carbocycles. The number of hydrogen-bond acceptors (Lipinski definition) is 4. The van der Waals surface area contributed by atoms with E-state index in [2.05, 4.69) is 9.84 Å². The minimum Gasteiger partial charge on any atom is -0.383 e. The van der Waals surface area contributed by atoms with Gasteiger partial charge in [-0.2, -0.15) is 9.78 Å². The number of nitrogens with zero attached hydrogens (tertiary/aromatic N) is 2. The van der Waals surface area contributed by atoms with E-state index in [1.165, 1.54) is 7.11 Å². The van der Waals surface area contributed by atoms with Crippen molar-refractivity contribution in [2.75, 3.05) is 19.5 Å². The van der Waals surface area contributed by atoms with Gasteiger partial charge in [-0.25, -0.2) is 0 Å². The maximum Gasteiger partial charge on any atom is 0.274 e. The molecule has 0 fully saturated rings. The van der Waals surface area contributed by atoms with E-state index >= 15 is 0 Å².